The molecule has 0 aromatic carbocycles. The molecule has 0 atom stereocenters. The van der Waals surface area contributed by atoms with E-state index < -0.39 is 0 Å². The lowest BCUT2D eigenvalue weighted by atomic mass is 10.2. The molecule has 3 rings (SSSR count). The molecule has 2 aliphatic rings. The molecular weight excluding hydrogens is 266 g/mol. The van der Waals surface area contributed by atoms with Crippen molar-refractivity contribution in [1.82, 2.24) is 19.8 Å². The zero-order chi connectivity index (χ0) is 14.8. The first-order chi connectivity index (χ1) is 10.1. The van der Waals surface area contributed by atoms with Gasteiger partial charge in [-0.15, -0.1) is 0 Å². The maximum atomic E-state index is 12.6. The van der Waals surface area contributed by atoms with E-state index in [0.717, 1.165) is 45.1 Å². The molecule has 0 spiro atoms. The molecule has 0 N–H and O–H groups in total. The normalized spacial score (nSPS) is 20.1. The SMILES string of the molecule is Cc1nc(C(=O)N2CCN(C)CC2)cc(N2CCCC2)n1. The van der Waals surface area contributed by atoms with Crippen LogP contribution in [0, 0.1) is 6.92 Å². The Morgan fingerprint density at radius 2 is 1.71 bits per heavy atom. The third kappa shape index (κ3) is 3.15. The minimum Gasteiger partial charge on any atom is -0.356 e. The van der Waals surface area contributed by atoms with E-state index in [9.17, 15) is 4.79 Å². The summed E-state index contributed by atoms with van der Waals surface area (Å²) in [4.78, 5) is 27.9. The van der Waals surface area contributed by atoms with Gasteiger partial charge < -0.3 is 14.7 Å². The third-order valence-corrected chi connectivity index (χ3v) is 4.26. The molecule has 0 saturated carbocycles. The second-order valence-corrected chi connectivity index (χ2v) is 5.95. The van der Waals surface area contributed by atoms with Gasteiger partial charge in [0, 0.05) is 45.3 Å². The minimum absolute atomic E-state index is 0.0362. The number of nitrogens with zero attached hydrogens (tertiary/aromatic N) is 5. The molecule has 2 aliphatic heterocycles. The van der Waals surface area contributed by atoms with Crippen molar-refractivity contribution in [1.29, 1.82) is 0 Å². The van der Waals surface area contributed by atoms with Crippen molar-refractivity contribution >= 4 is 11.7 Å². The molecule has 6 nitrogen and oxygen atoms in total. The number of rotatable bonds is 2. The second kappa shape index (κ2) is 5.97. The maximum absolute atomic E-state index is 12.6. The Labute approximate surface area is 125 Å². The molecule has 0 bridgehead atoms. The molecule has 2 saturated heterocycles. The number of amides is 1. The highest BCUT2D eigenvalue weighted by Gasteiger charge is 2.23. The molecular formula is C15H23N5O. The topological polar surface area (TPSA) is 52.6 Å². The van der Waals surface area contributed by atoms with Crippen LogP contribution in [0.5, 0.6) is 0 Å². The number of piperazine rings is 1. The van der Waals surface area contributed by atoms with E-state index in [1.807, 2.05) is 17.9 Å². The fourth-order valence-corrected chi connectivity index (χ4v) is 2.94. The fourth-order valence-electron chi connectivity index (χ4n) is 2.94. The lowest BCUT2D eigenvalue weighted by Gasteiger charge is -2.32. The average Bonchev–Trinajstić information content (AvgIpc) is 3.01. The Hall–Kier alpha value is -1.69. The van der Waals surface area contributed by atoms with Gasteiger partial charge in [0.25, 0.3) is 5.91 Å². The van der Waals surface area contributed by atoms with E-state index >= 15 is 0 Å². The van der Waals surface area contributed by atoms with Crippen LogP contribution in [0.25, 0.3) is 0 Å². The van der Waals surface area contributed by atoms with Gasteiger partial charge in [0.1, 0.15) is 17.3 Å². The van der Waals surface area contributed by atoms with Crippen LogP contribution in [0.4, 0.5) is 5.82 Å². The molecule has 0 radical (unpaired) electrons. The van der Waals surface area contributed by atoms with Gasteiger partial charge in [0.15, 0.2) is 0 Å². The molecule has 1 aromatic rings. The zero-order valence-electron chi connectivity index (χ0n) is 12.9. The van der Waals surface area contributed by atoms with Gasteiger partial charge in [0.2, 0.25) is 0 Å². The molecule has 21 heavy (non-hydrogen) atoms. The number of hydrogen-bond acceptors (Lipinski definition) is 5. The maximum Gasteiger partial charge on any atom is 0.272 e. The lowest BCUT2D eigenvalue weighted by Crippen LogP contribution is -2.47. The summed E-state index contributed by atoms with van der Waals surface area (Å²) in [7, 11) is 2.09. The van der Waals surface area contributed by atoms with E-state index in [1.165, 1.54) is 12.8 Å². The summed E-state index contributed by atoms with van der Waals surface area (Å²) in [6.45, 7) is 7.32. The van der Waals surface area contributed by atoms with Crippen molar-refractivity contribution in [3.63, 3.8) is 0 Å². The van der Waals surface area contributed by atoms with Gasteiger partial charge >= 0.3 is 0 Å². The van der Waals surface area contributed by atoms with Crippen molar-refractivity contribution in [2.75, 3.05) is 51.2 Å². The van der Waals surface area contributed by atoms with Gasteiger partial charge in [0.05, 0.1) is 0 Å². The zero-order valence-corrected chi connectivity index (χ0v) is 12.9. The summed E-state index contributed by atoms with van der Waals surface area (Å²) >= 11 is 0. The number of anilines is 1. The fraction of sp³-hybridized carbons (Fsp3) is 0.667. The third-order valence-electron chi connectivity index (χ3n) is 4.26. The number of likely N-dealkylation sites (N-methyl/N-ethyl adjacent to an activating group) is 1. The first kappa shape index (κ1) is 14.3. The Morgan fingerprint density at radius 1 is 1.05 bits per heavy atom. The number of aromatic nitrogens is 2. The van der Waals surface area contributed by atoms with Crippen molar-refractivity contribution in [3.05, 3.63) is 17.6 Å². The molecule has 1 aromatic heterocycles. The Bertz CT molecular complexity index is 519. The van der Waals surface area contributed by atoms with Crippen LogP contribution in [-0.2, 0) is 0 Å². The lowest BCUT2D eigenvalue weighted by molar-refractivity contribution is 0.0658. The first-order valence-corrected chi connectivity index (χ1v) is 7.72. The number of hydrogen-bond donors (Lipinski definition) is 0. The van der Waals surface area contributed by atoms with Gasteiger partial charge in [-0.05, 0) is 26.8 Å². The van der Waals surface area contributed by atoms with E-state index in [-0.39, 0.29) is 5.91 Å². The van der Waals surface area contributed by atoms with Gasteiger partial charge in [-0.1, -0.05) is 0 Å². The van der Waals surface area contributed by atoms with Crippen LogP contribution in [0.2, 0.25) is 0 Å². The quantitative estimate of drug-likeness (QED) is 0.805. The van der Waals surface area contributed by atoms with Gasteiger partial charge in [-0.3, -0.25) is 4.79 Å². The van der Waals surface area contributed by atoms with Crippen LogP contribution in [0.3, 0.4) is 0 Å². The highest BCUT2D eigenvalue weighted by Crippen LogP contribution is 2.19. The average molecular weight is 289 g/mol. The molecule has 3 heterocycles. The van der Waals surface area contributed by atoms with Crippen LogP contribution < -0.4 is 4.90 Å². The van der Waals surface area contributed by atoms with Crippen molar-refractivity contribution in [3.8, 4) is 0 Å². The van der Waals surface area contributed by atoms with Gasteiger partial charge in [-0.25, -0.2) is 9.97 Å². The van der Waals surface area contributed by atoms with Crippen LogP contribution in [0.1, 0.15) is 29.2 Å². The standard InChI is InChI=1S/C15H23N5O/c1-12-16-13(11-14(17-12)19-5-3-4-6-19)15(21)20-9-7-18(2)8-10-20/h11H,3-10H2,1-2H3. The molecule has 6 heteroatoms. The van der Waals surface area contributed by atoms with Crippen LogP contribution >= 0.6 is 0 Å². The predicted octanol–water partition coefficient (Wildman–Crippen LogP) is 0.773. The summed E-state index contributed by atoms with van der Waals surface area (Å²) in [5, 5.41) is 0. The minimum atomic E-state index is 0.0362. The molecule has 1 amide bonds. The predicted molar refractivity (Wildman–Crippen MR) is 81.6 cm³/mol. The van der Waals surface area contributed by atoms with Crippen molar-refractivity contribution in [2.24, 2.45) is 0 Å². The summed E-state index contributed by atoms with van der Waals surface area (Å²) in [6, 6.07) is 1.86. The van der Waals surface area contributed by atoms with E-state index in [2.05, 4.69) is 26.8 Å². The summed E-state index contributed by atoms with van der Waals surface area (Å²) in [5.74, 6) is 1.61. The smallest absolute Gasteiger partial charge is 0.272 e. The van der Waals surface area contributed by atoms with Crippen molar-refractivity contribution < 1.29 is 4.79 Å². The monoisotopic (exact) mass is 289 g/mol. The van der Waals surface area contributed by atoms with E-state index in [1.54, 1.807) is 0 Å². The molecule has 114 valence electrons. The van der Waals surface area contributed by atoms with E-state index in [0.29, 0.717) is 11.5 Å². The number of aryl methyl sites for hydroxylation is 1. The van der Waals surface area contributed by atoms with Crippen LogP contribution in [0.15, 0.2) is 6.07 Å². The van der Waals surface area contributed by atoms with Crippen molar-refractivity contribution in [2.45, 2.75) is 19.8 Å². The van der Waals surface area contributed by atoms with E-state index in [4.69, 9.17) is 0 Å². The van der Waals surface area contributed by atoms with Crippen LogP contribution in [-0.4, -0.2) is 72.0 Å². The highest BCUT2D eigenvalue weighted by molar-refractivity contribution is 5.93. The molecule has 0 aliphatic carbocycles. The summed E-state index contributed by atoms with van der Waals surface area (Å²) in [6.07, 6.45) is 2.40. The van der Waals surface area contributed by atoms with Gasteiger partial charge in [-0.2, -0.15) is 0 Å². The number of carbonyl (C=O) groups is 1. The highest BCUT2D eigenvalue weighted by atomic mass is 16.2. The Balaban J connectivity index is 1.79. The molecule has 0 unspecified atom stereocenters. The summed E-state index contributed by atoms with van der Waals surface area (Å²) in [5.41, 5.74) is 0.536. The summed E-state index contributed by atoms with van der Waals surface area (Å²) < 4.78 is 0. The Morgan fingerprint density at radius 3 is 2.38 bits per heavy atom. The molecule has 2 fully saturated rings. The second-order valence-electron chi connectivity index (χ2n) is 5.95. The first-order valence-electron chi connectivity index (χ1n) is 7.72. The largest absolute Gasteiger partial charge is 0.356 e. The Kier molecular flexibility index (Phi) is 4.05. The number of carbonyl (C=O) groups excluding carboxylic acids is 1.